The highest BCUT2D eigenvalue weighted by Gasteiger charge is 2.42. The molecule has 4 N–H and O–H groups in total. The predicted octanol–water partition coefficient (Wildman–Crippen LogP) is 0.204. The number of fused-ring (bicyclic) bond motifs is 2. The smallest absolute Gasteiger partial charge is 0.324 e. The maximum absolute atomic E-state index is 12.0. The van der Waals surface area contributed by atoms with Gasteiger partial charge in [-0.3, -0.25) is 15.2 Å². The second-order valence-corrected chi connectivity index (χ2v) is 7.16. The van der Waals surface area contributed by atoms with Gasteiger partial charge in [0.25, 0.3) is 5.91 Å². The summed E-state index contributed by atoms with van der Waals surface area (Å²) >= 11 is 3.50. The van der Waals surface area contributed by atoms with E-state index in [1.54, 1.807) is 28.0 Å². The fourth-order valence-corrected chi connectivity index (χ4v) is 4.00. The van der Waals surface area contributed by atoms with Gasteiger partial charge in [-0.25, -0.2) is 9.78 Å². The summed E-state index contributed by atoms with van der Waals surface area (Å²) in [6, 6.07) is -0.875. The zero-order valence-corrected chi connectivity index (χ0v) is 15.5. The van der Waals surface area contributed by atoms with E-state index < -0.39 is 6.04 Å². The number of piperazine rings is 1. The van der Waals surface area contributed by atoms with Crippen LogP contribution in [0.1, 0.15) is 0 Å². The fraction of sp³-hybridized carbons (Fsp3) is 0.267. The van der Waals surface area contributed by atoms with Gasteiger partial charge < -0.3 is 15.5 Å². The Morgan fingerprint density at radius 1 is 1.26 bits per heavy atom. The minimum atomic E-state index is -0.532. The lowest BCUT2D eigenvalue weighted by Gasteiger charge is -2.36. The number of urea groups is 1. The van der Waals surface area contributed by atoms with E-state index in [4.69, 9.17) is 10.7 Å². The van der Waals surface area contributed by atoms with Gasteiger partial charge in [0.1, 0.15) is 22.2 Å². The van der Waals surface area contributed by atoms with Gasteiger partial charge in [0.15, 0.2) is 5.65 Å². The number of amides is 3. The van der Waals surface area contributed by atoms with Crippen molar-refractivity contribution in [3.05, 3.63) is 23.1 Å². The van der Waals surface area contributed by atoms with E-state index in [1.165, 1.54) is 0 Å². The molecule has 2 aliphatic rings. The van der Waals surface area contributed by atoms with Crippen molar-refractivity contribution in [3.63, 3.8) is 0 Å². The first kappa shape index (κ1) is 16.1. The number of rotatable bonds is 2. The van der Waals surface area contributed by atoms with Gasteiger partial charge in [0, 0.05) is 37.0 Å². The highest BCUT2D eigenvalue weighted by molar-refractivity contribution is 9.10. The van der Waals surface area contributed by atoms with Gasteiger partial charge in [-0.1, -0.05) is 0 Å². The second kappa shape index (κ2) is 5.67. The number of carbonyl (C=O) groups excluding carboxylic acids is 2. The summed E-state index contributed by atoms with van der Waals surface area (Å²) in [7, 11) is 0. The van der Waals surface area contributed by atoms with Crippen LogP contribution in [-0.2, 0) is 4.79 Å². The lowest BCUT2D eigenvalue weighted by atomic mass is 10.2. The molecule has 5 heterocycles. The largest absolute Gasteiger partial charge is 0.383 e. The Kier molecular flexibility index (Phi) is 3.37. The van der Waals surface area contributed by atoms with Crippen LogP contribution in [0, 0.1) is 0 Å². The number of carbonyl (C=O) groups is 2. The molecule has 0 radical (unpaired) electrons. The van der Waals surface area contributed by atoms with E-state index in [1.807, 2.05) is 4.90 Å². The average molecular weight is 432 g/mol. The molecular weight excluding hydrogens is 418 g/mol. The van der Waals surface area contributed by atoms with E-state index in [-0.39, 0.29) is 11.9 Å². The predicted molar refractivity (Wildman–Crippen MR) is 98.9 cm³/mol. The molecule has 138 valence electrons. The summed E-state index contributed by atoms with van der Waals surface area (Å²) < 4.78 is 2.15. The molecule has 2 saturated heterocycles. The number of hydrogen-bond donors (Lipinski definition) is 3. The summed E-state index contributed by atoms with van der Waals surface area (Å²) in [5.74, 6) is 0.717. The van der Waals surface area contributed by atoms with Crippen molar-refractivity contribution in [2.24, 2.45) is 0 Å². The molecule has 1 unspecified atom stereocenters. The van der Waals surface area contributed by atoms with Crippen molar-refractivity contribution in [1.82, 2.24) is 35.0 Å². The van der Waals surface area contributed by atoms with Crippen LogP contribution >= 0.6 is 15.9 Å². The van der Waals surface area contributed by atoms with Crippen LogP contribution in [0.2, 0.25) is 0 Å². The Morgan fingerprint density at radius 3 is 2.89 bits per heavy atom. The van der Waals surface area contributed by atoms with E-state index in [0.29, 0.717) is 41.4 Å². The minimum absolute atomic E-state index is 0.293. The summed E-state index contributed by atoms with van der Waals surface area (Å²) in [6.07, 6.45) is 5.12. The third-order valence-corrected chi connectivity index (χ3v) is 5.65. The SMILES string of the molecule is Nc1c(Br)c(N2CCN3C(=O)NC(=O)C3C2)nc2c(-c3cn[nH]c3)cnn12. The Balaban J connectivity index is 1.59. The molecule has 0 spiro atoms. The molecule has 2 aliphatic heterocycles. The number of anilines is 2. The summed E-state index contributed by atoms with van der Waals surface area (Å²) in [6.45, 7) is 1.30. The highest BCUT2D eigenvalue weighted by atomic mass is 79.9. The van der Waals surface area contributed by atoms with Crippen molar-refractivity contribution < 1.29 is 9.59 Å². The van der Waals surface area contributed by atoms with Crippen LogP contribution in [0.3, 0.4) is 0 Å². The van der Waals surface area contributed by atoms with Crippen molar-refractivity contribution in [2.75, 3.05) is 30.3 Å². The number of halogens is 1. The van der Waals surface area contributed by atoms with Gasteiger partial charge in [0.05, 0.1) is 12.4 Å². The molecule has 0 aliphatic carbocycles. The molecule has 0 saturated carbocycles. The maximum atomic E-state index is 12.0. The highest BCUT2D eigenvalue weighted by Crippen LogP contribution is 2.35. The van der Waals surface area contributed by atoms with Crippen LogP contribution in [0.5, 0.6) is 0 Å². The lowest BCUT2D eigenvalue weighted by molar-refractivity contribution is -0.121. The molecule has 11 nitrogen and oxygen atoms in total. The summed E-state index contributed by atoms with van der Waals surface area (Å²) in [5.41, 5.74) is 8.48. The Hall–Kier alpha value is -3.15. The van der Waals surface area contributed by atoms with Gasteiger partial charge in [-0.15, -0.1) is 0 Å². The topological polar surface area (TPSA) is 138 Å². The molecular formula is C15H14BrN9O2. The van der Waals surface area contributed by atoms with Crippen LogP contribution in [0.4, 0.5) is 16.4 Å². The van der Waals surface area contributed by atoms with Gasteiger partial charge in [-0.2, -0.15) is 14.7 Å². The van der Waals surface area contributed by atoms with E-state index in [2.05, 4.69) is 36.5 Å². The van der Waals surface area contributed by atoms with Crippen molar-refractivity contribution in [1.29, 1.82) is 0 Å². The van der Waals surface area contributed by atoms with Crippen molar-refractivity contribution in [2.45, 2.75) is 6.04 Å². The first-order valence-electron chi connectivity index (χ1n) is 8.23. The van der Waals surface area contributed by atoms with Crippen LogP contribution in [-0.4, -0.2) is 67.3 Å². The molecule has 3 aromatic rings. The van der Waals surface area contributed by atoms with E-state index in [9.17, 15) is 9.59 Å². The molecule has 27 heavy (non-hydrogen) atoms. The first-order valence-corrected chi connectivity index (χ1v) is 9.02. The molecule has 3 amide bonds. The molecule has 1 atom stereocenters. The van der Waals surface area contributed by atoms with Crippen LogP contribution in [0.15, 0.2) is 23.1 Å². The quantitative estimate of drug-likeness (QED) is 0.492. The van der Waals surface area contributed by atoms with Crippen LogP contribution in [0.25, 0.3) is 16.8 Å². The maximum Gasteiger partial charge on any atom is 0.324 e. The van der Waals surface area contributed by atoms with Crippen molar-refractivity contribution >= 4 is 45.2 Å². The summed E-state index contributed by atoms with van der Waals surface area (Å²) in [4.78, 5) is 32.1. The fourth-order valence-electron chi connectivity index (χ4n) is 3.50. The molecule has 0 aromatic carbocycles. The molecule has 2 fully saturated rings. The summed E-state index contributed by atoms with van der Waals surface area (Å²) in [5, 5.41) is 13.4. The van der Waals surface area contributed by atoms with Crippen LogP contribution < -0.4 is 16.0 Å². The van der Waals surface area contributed by atoms with Gasteiger partial charge in [0.2, 0.25) is 0 Å². The standard InChI is InChI=1S/C15H14BrN9O2/c16-10-11(17)25-12(8(5-20-25)7-3-18-19-4-7)21-13(10)23-1-2-24-9(6-23)14(26)22-15(24)27/h3-5,9H,1-2,6,17H2,(H,18,19)(H,22,26,27). The number of nitrogens with one attached hydrogen (secondary N) is 2. The third-order valence-electron chi connectivity index (χ3n) is 4.89. The molecule has 0 bridgehead atoms. The zero-order chi connectivity index (χ0) is 18.7. The second-order valence-electron chi connectivity index (χ2n) is 6.36. The molecule has 3 aromatic heterocycles. The Bertz CT molecular complexity index is 1080. The number of nitrogen functional groups attached to an aromatic ring is 1. The van der Waals surface area contributed by atoms with E-state index >= 15 is 0 Å². The van der Waals surface area contributed by atoms with Gasteiger partial charge >= 0.3 is 6.03 Å². The third kappa shape index (κ3) is 2.29. The number of nitrogens with zero attached hydrogens (tertiary/aromatic N) is 6. The van der Waals surface area contributed by atoms with Crippen molar-refractivity contribution in [3.8, 4) is 11.1 Å². The normalized spacial score (nSPS) is 19.7. The number of imide groups is 1. The number of hydrogen-bond acceptors (Lipinski definition) is 7. The lowest BCUT2D eigenvalue weighted by Crippen LogP contribution is -2.53. The average Bonchev–Trinajstić information content (AvgIpc) is 3.38. The number of H-pyrrole nitrogens is 1. The van der Waals surface area contributed by atoms with Gasteiger partial charge in [-0.05, 0) is 15.9 Å². The monoisotopic (exact) mass is 431 g/mol. The minimum Gasteiger partial charge on any atom is -0.383 e. The first-order chi connectivity index (χ1) is 13.0. The Morgan fingerprint density at radius 2 is 2.11 bits per heavy atom. The molecule has 12 heteroatoms. The number of aromatic nitrogens is 5. The van der Waals surface area contributed by atoms with E-state index in [0.717, 1.165) is 11.1 Å². The number of aromatic amines is 1. The zero-order valence-electron chi connectivity index (χ0n) is 13.9. The Labute approximate surface area is 160 Å². The molecule has 5 rings (SSSR count). The number of nitrogens with two attached hydrogens (primary N) is 1.